The minimum Gasteiger partial charge on any atom is -0.492 e. The molecule has 1 aromatic carbocycles. The lowest BCUT2D eigenvalue weighted by atomic mass is 10.1. The molecule has 2 N–H and O–H groups in total. The number of amides is 2. The summed E-state index contributed by atoms with van der Waals surface area (Å²) in [6.45, 7) is 8.12. The zero-order valence-electron chi connectivity index (χ0n) is 15.2. The Morgan fingerprint density at radius 1 is 1.44 bits per heavy atom. The average Bonchev–Trinajstić information content (AvgIpc) is 2.81. The average molecular weight is 341 g/mol. The van der Waals surface area contributed by atoms with Crippen molar-refractivity contribution in [3.63, 3.8) is 0 Å². The summed E-state index contributed by atoms with van der Waals surface area (Å²) in [5.74, 6) is 0.526. The lowest BCUT2D eigenvalue weighted by molar-refractivity contribution is 0.249. The van der Waals surface area contributed by atoms with E-state index in [0.29, 0.717) is 23.6 Å². The Balaban J connectivity index is 2.16. The number of aromatic nitrogens is 2. The van der Waals surface area contributed by atoms with Crippen LogP contribution in [0.3, 0.4) is 0 Å². The third kappa shape index (κ3) is 4.10. The molecule has 2 aromatic rings. The van der Waals surface area contributed by atoms with Crippen LogP contribution in [0.2, 0.25) is 0 Å². The molecule has 0 aliphatic heterocycles. The molecule has 0 saturated carbocycles. The predicted molar refractivity (Wildman–Crippen MR) is 95.6 cm³/mol. The number of nitriles is 1. The summed E-state index contributed by atoms with van der Waals surface area (Å²) < 4.78 is 7.30. The topological polar surface area (TPSA) is 92.0 Å². The maximum Gasteiger partial charge on any atom is 0.319 e. The molecule has 132 valence electrons. The van der Waals surface area contributed by atoms with Gasteiger partial charge in [0.25, 0.3) is 0 Å². The van der Waals surface area contributed by atoms with E-state index in [1.807, 2.05) is 34.7 Å². The number of anilines is 1. The van der Waals surface area contributed by atoms with Crippen molar-refractivity contribution in [2.24, 2.45) is 7.05 Å². The van der Waals surface area contributed by atoms with Crippen LogP contribution in [0.25, 0.3) is 0 Å². The zero-order valence-corrected chi connectivity index (χ0v) is 15.2. The van der Waals surface area contributed by atoms with E-state index in [4.69, 9.17) is 10.00 Å². The Hall–Kier alpha value is -3.01. The number of hydrogen-bond donors (Lipinski definition) is 2. The van der Waals surface area contributed by atoms with Gasteiger partial charge in [-0.2, -0.15) is 10.4 Å². The van der Waals surface area contributed by atoms with Crippen LogP contribution in [-0.2, 0) is 7.05 Å². The maximum atomic E-state index is 12.4. The van der Waals surface area contributed by atoms with E-state index < -0.39 is 0 Å². The minimum atomic E-state index is -0.369. The standard InChI is InChI=1S/C18H23N5O2/c1-6-25-16-8-7-14(10-19)9-15(16)21-18(24)20-11(2)17-12(3)22-23(5)13(17)4/h7-9,11H,6H2,1-5H3,(H2,20,21,24)/t11-/m0/s1. The molecule has 0 saturated heterocycles. The first-order valence-corrected chi connectivity index (χ1v) is 8.11. The zero-order chi connectivity index (χ0) is 18.6. The third-order valence-corrected chi connectivity index (χ3v) is 4.00. The summed E-state index contributed by atoms with van der Waals surface area (Å²) in [6.07, 6.45) is 0. The number of rotatable bonds is 5. The van der Waals surface area contributed by atoms with Gasteiger partial charge in [-0.15, -0.1) is 0 Å². The van der Waals surface area contributed by atoms with Gasteiger partial charge in [0.15, 0.2) is 0 Å². The Kier molecular flexibility index (Phi) is 5.65. The number of ether oxygens (including phenoxy) is 1. The van der Waals surface area contributed by atoms with E-state index in [1.54, 1.807) is 22.9 Å². The Morgan fingerprint density at radius 3 is 2.72 bits per heavy atom. The van der Waals surface area contributed by atoms with Crippen molar-refractivity contribution < 1.29 is 9.53 Å². The van der Waals surface area contributed by atoms with Gasteiger partial charge in [0, 0.05) is 18.3 Å². The van der Waals surface area contributed by atoms with Crippen LogP contribution in [0.4, 0.5) is 10.5 Å². The Labute approximate surface area is 147 Å². The number of carbonyl (C=O) groups is 1. The van der Waals surface area contributed by atoms with Crippen LogP contribution in [0, 0.1) is 25.2 Å². The van der Waals surface area contributed by atoms with Gasteiger partial charge in [0.1, 0.15) is 5.75 Å². The summed E-state index contributed by atoms with van der Waals surface area (Å²) in [4.78, 5) is 12.4. The van der Waals surface area contributed by atoms with Gasteiger partial charge in [-0.05, 0) is 45.9 Å². The second kappa shape index (κ2) is 7.71. The van der Waals surface area contributed by atoms with Gasteiger partial charge in [-0.3, -0.25) is 4.68 Å². The van der Waals surface area contributed by atoms with E-state index in [9.17, 15) is 4.79 Å². The number of hydrogen-bond acceptors (Lipinski definition) is 4. The summed E-state index contributed by atoms with van der Waals surface area (Å²) in [5, 5.41) is 19.1. The first kappa shape index (κ1) is 18.3. The fraction of sp³-hybridized carbons (Fsp3) is 0.389. The van der Waals surface area contributed by atoms with Gasteiger partial charge >= 0.3 is 6.03 Å². The molecule has 1 aromatic heterocycles. The molecule has 1 heterocycles. The van der Waals surface area contributed by atoms with Gasteiger partial charge in [0.2, 0.25) is 0 Å². The number of nitrogens with zero attached hydrogens (tertiary/aromatic N) is 3. The molecule has 0 radical (unpaired) electrons. The second-order valence-electron chi connectivity index (χ2n) is 5.78. The molecule has 1 atom stereocenters. The summed E-state index contributed by atoms with van der Waals surface area (Å²) in [6, 6.07) is 6.40. The van der Waals surface area contributed by atoms with E-state index in [0.717, 1.165) is 17.0 Å². The SMILES string of the molecule is CCOc1ccc(C#N)cc1NC(=O)N[C@@H](C)c1c(C)nn(C)c1C. The van der Waals surface area contributed by atoms with Crippen molar-refractivity contribution >= 4 is 11.7 Å². The fourth-order valence-electron chi connectivity index (χ4n) is 2.82. The summed E-state index contributed by atoms with van der Waals surface area (Å²) in [7, 11) is 1.88. The van der Waals surface area contributed by atoms with Gasteiger partial charge in [0.05, 0.1) is 35.7 Å². The minimum absolute atomic E-state index is 0.205. The normalized spacial score (nSPS) is 11.5. The highest BCUT2D eigenvalue weighted by molar-refractivity contribution is 5.91. The molecule has 0 unspecified atom stereocenters. The van der Waals surface area contributed by atoms with Crippen LogP contribution < -0.4 is 15.4 Å². The van der Waals surface area contributed by atoms with Crippen molar-refractivity contribution in [3.8, 4) is 11.8 Å². The summed E-state index contributed by atoms with van der Waals surface area (Å²) >= 11 is 0. The summed E-state index contributed by atoms with van der Waals surface area (Å²) in [5.41, 5.74) is 3.80. The highest BCUT2D eigenvalue weighted by atomic mass is 16.5. The second-order valence-corrected chi connectivity index (χ2v) is 5.78. The number of benzene rings is 1. The molecule has 2 rings (SSSR count). The lowest BCUT2D eigenvalue weighted by Gasteiger charge is -2.17. The predicted octanol–water partition coefficient (Wildman–Crippen LogP) is 3.19. The molecule has 7 heteroatoms. The van der Waals surface area contributed by atoms with E-state index in [1.165, 1.54) is 0 Å². The quantitative estimate of drug-likeness (QED) is 0.873. The largest absolute Gasteiger partial charge is 0.492 e. The molecule has 2 amide bonds. The Morgan fingerprint density at radius 2 is 2.16 bits per heavy atom. The van der Waals surface area contributed by atoms with Crippen LogP contribution >= 0.6 is 0 Å². The third-order valence-electron chi connectivity index (χ3n) is 4.00. The van der Waals surface area contributed by atoms with Crippen molar-refractivity contribution in [3.05, 3.63) is 40.7 Å². The van der Waals surface area contributed by atoms with Crippen LogP contribution in [0.5, 0.6) is 5.75 Å². The molecule has 0 aliphatic carbocycles. The van der Waals surface area contributed by atoms with Crippen LogP contribution in [-0.4, -0.2) is 22.4 Å². The molecular weight excluding hydrogens is 318 g/mol. The molecule has 25 heavy (non-hydrogen) atoms. The van der Waals surface area contributed by atoms with Crippen LogP contribution in [0.15, 0.2) is 18.2 Å². The van der Waals surface area contributed by atoms with Crippen LogP contribution in [0.1, 0.15) is 42.4 Å². The highest BCUT2D eigenvalue weighted by Gasteiger charge is 2.18. The van der Waals surface area contributed by atoms with E-state index >= 15 is 0 Å². The number of urea groups is 1. The lowest BCUT2D eigenvalue weighted by Crippen LogP contribution is -2.31. The monoisotopic (exact) mass is 341 g/mol. The Bertz CT molecular complexity index is 820. The number of aryl methyl sites for hydroxylation is 2. The van der Waals surface area contributed by atoms with Gasteiger partial charge in [-0.25, -0.2) is 4.79 Å². The van der Waals surface area contributed by atoms with E-state index in [2.05, 4.69) is 21.8 Å². The first-order chi connectivity index (χ1) is 11.9. The van der Waals surface area contributed by atoms with Crippen molar-refractivity contribution in [2.75, 3.05) is 11.9 Å². The molecule has 0 bridgehead atoms. The molecular formula is C18H23N5O2. The van der Waals surface area contributed by atoms with Crippen molar-refractivity contribution in [1.82, 2.24) is 15.1 Å². The van der Waals surface area contributed by atoms with Gasteiger partial charge in [-0.1, -0.05) is 0 Å². The molecule has 7 nitrogen and oxygen atoms in total. The highest BCUT2D eigenvalue weighted by Crippen LogP contribution is 2.26. The van der Waals surface area contributed by atoms with E-state index in [-0.39, 0.29) is 12.1 Å². The van der Waals surface area contributed by atoms with Crippen molar-refractivity contribution in [1.29, 1.82) is 5.26 Å². The van der Waals surface area contributed by atoms with Crippen molar-refractivity contribution in [2.45, 2.75) is 33.7 Å². The smallest absolute Gasteiger partial charge is 0.319 e. The fourth-order valence-corrected chi connectivity index (χ4v) is 2.82. The maximum absolute atomic E-state index is 12.4. The molecule has 0 fully saturated rings. The molecule has 0 spiro atoms. The number of carbonyl (C=O) groups excluding carboxylic acids is 1. The number of nitrogens with one attached hydrogen (secondary N) is 2. The van der Waals surface area contributed by atoms with Gasteiger partial charge < -0.3 is 15.4 Å². The first-order valence-electron chi connectivity index (χ1n) is 8.11. The molecule has 0 aliphatic rings.